The SMILES string of the molecule is Nc1cc(F)ccc1-c1cc(Cl)c(C(=O)Nc2cnc(C(=O)NCC3CCS(O)(O)CC3)c(Cl)c2)cc1F. The summed E-state index contributed by atoms with van der Waals surface area (Å²) in [5, 5.41) is 5.18. The molecule has 2 heterocycles. The molecule has 1 saturated heterocycles. The predicted octanol–water partition coefficient (Wildman–Crippen LogP) is 6.06. The number of nitrogens with two attached hydrogens (primary N) is 1. The summed E-state index contributed by atoms with van der Waals surface area (Å²) in [6.45, 7) is 0.342. The molecule has 13 heteroatoms. The van der Waals surface area contributed by atoms with E-state index >= 15 is 0 Å². The molecule has 2 aromatic carbocycles. The highest BCUT2D eigenvalue weighted by Gasteiger charge is 2.25. The number of nitrogen functional groups attached to an aromatic ring is 1. The van der Waals surface area contributed by atoms with Gasteiger partial charge in [-0.3, -0.25) is 18.7 Å². The van der Waals surface area contributed by atoms with Gasteiger partial charge in [0.2, 0.25) is 0 Å². The van der Waals surface area contributed by atoms with E-state index in [0.717, 1.165) is 18.2 Å². The van der Waals surface area contributed by atoms with Gasteiger partial charge in [0, 0.05) is 34.9 Å². The Kier molecular flexibility index (Phi) is 8.43. The van der Waals surface area contributed by atoms with Gasteiger partial charge in [0.05, 0.1) is 27.5 Å². The summed E-state index contributed by atoms with van der Waals surface area (Å²) < 4.78 is 47.6. The number of nitrogens with one attached hydrogen (secondary N) is 2. The number of anilines is 2. The molecule has 0 unspecified atom stereocenters. The fraction of sp³-hybridized carbons (Fsp3) is 0.240. The summed E-state index contributed by atoms with van der Waals surface area (Å²) in [6.07, 6.45) is 2.42. The fourth-order valence-electron chi connectivity index (χ4n) is 4.06. The maximum absolute atomic E-state index is 14.9. The summed E-state index contributed by atoms with van der Waals surface area (Å²) in [5.74, 6) is -1.86. The van der Waals surface area contributed by atoms with Crippen LogP contribution in [0.1, 0.15) is 33.7 Å². The number of carbonyl (C=O) groups is 2. The van der Waals surface area contributed by atoms with Crippen LogP contribution in [-0.4, -0.2) is 44.0 Å². The van der Waals surface area contributed by atoms with Crippen molar-refractivity contribution in [3.63, 3.8) is 0 Å². The zero-order chi connectivity index (χ0) is 27.6. The van der Waals surface area contributed by atoms with Gasteiger partial charge in [-0.05, 0) is 55.2 Å². The minimum atomic E-state index is -2.50. The molecule has 38 heavy (non-hydrogen) atoms. The van der Waals surface area contributed by atoms with Crippen molar-refractivity contribution in [1.29, 1.82) is 0 Å². The molecule has 3 aromatic rings. The molecule has 0 radical (unpaired) electrons. The maximum Gasteiger partial charge on any atom is 0.271 e. The number of hydrogen-bond donors (Lipinski definition) is 5. The van der Waals surface area contributed by atoms with Crippen molar-refractivity contribution in [2.45, 2.75) is 12.8 Å². The zero-order valence-corrected chi connectivity index (χ0v) is 22.1. The number of benzene rings is 2. The van der Waals surface area contributed by atoms with E-state index in [9.17, 15) is 27.5 Å². The number of halogens is 4. The Morgan fingerprint density at radius 3 is 2.39 bits per heavy atom. The van der Waals surface area contributed by atoms with Crippen molar-refractivity contribution in [1.82, 2.24) is 10.3 Å². The number of nitrogens with zero attached hydrogens (tertiary/aromatic N) is 1. The molecule has 0 bridgehead atoms. The minimum Gasteiger partial charge on any atom is -0.398 e. The van der Waals surface area contributed by atoms with E-state index in [1.807, 2.05) is 0 Å². The van der Waals surface area contributed by atoms with Crippen molar-refractivity contribution < 1.29 is 27.5 Å². The van der Waals surface area contributed by atoms with Gasteiger partial charge in [0.25, 0.3) is 11.8 Å². The Hall–Kier alpha value is -2.96. The third-order valence-electron chi connectivity index (χ3n) is 6.18. The van der Waals surface area contributed by atoms with Crippen LogP contribution in [0, 0.1) is 17.6 Å². The van der Waals surface area contributed by atoms with Crippen molar-refractivity contribution in [3.8, 4) is 11.1 Å². The lowest BCUT2D eigenvalue weighted by atomic mass is 10.0. The standard InChI is InChI=1S/C25H24Cl2F2N4O4S/c26-19-9-17(16-2-1-14(28)7-22(16)30)21(29)10-18(19)24(34)33-15-8-20(27)23(31-12-15)25(35)32-11-13-3-5-38(36,37)6-4-13/h1-2,7-10,12-13,36-37H,3-6,11,30H2,(H,32,35)(H,33,34). The number of aromatic nitrogens is 1. The minimum absolute atomic E-state index is 0.00523. The smallest absolute Gasteiger partial charge is 0.271 e. The first kappa shape index (κ1) is 28.1. The largest absolute Gasteiger partial charge is 0.398 e. The zero-order valence-electron chi connectivity index (χ0n) is 19.8. The molecule has 1 aliphatic heterocycles. The van der Waals surface area contributed by atoms with Gasteiger partial charge in [-0.2, -0.15) is 10.6 Å². The van der Waals surface area contributed by atoms with E-state index in [4.69, 9.17) is 28.9 Å². The highest BCUT2D eigenvalue weighted by Crippen LogP contribution is 2.45. The Labute approximate surface area is 228 Å². The average molecular weight is 585 g/mol. The highest BCUT2D eigenvalue weighted by atomic mass is 35.5. The molecule has 8 nitrogen and oxygen atoms in total. The second-order valence-corrected chi connectivity index (χ2v) is 12.2. The van der Waals surface area contributed by atoms with Gasteiger partial charge in [-0.15, -0.1) is 0 Å². The Morgan fingerprint density at radius 1 is 1.03 bits per heavy atom. The van der Waals surface area contributed by atoms with E-state index in [1.54, 1.807) is 0 Å². The van der Waals surface area contributed by atoms with Gasteiger partial charge in [-0.25, -0.2) is 13.8 Å². The topological polar surface area (TPSA) is 138 Å². The van der Waals surface area contributed by atoms with Crippen molar-refractivity contribution >= 4 is 57.0 Å². The van der Waals surface area contributed by atoms with Crippen LogP contribution >= 0.6 is 33.8 Å². The average Bonchev–Trinajstić information content (AvgIpc) is 2.84. The quantitative estimate of drug-likeness (QED) is 0.223. The van der Waals surface area contributed by atoms with Gasteiger partial charge in [0.15, 0.2) is 0 Å². The number of carbonyl (C=O) groups excluding carboxylic acids is 2. The molecule has 0 saturated carbocycles. The molecule has 0 aliphatic carbocycles. The third-order valence-corrected chi connectivity index (χ3v) is 8.56. The van der Waals surface area contributed by atoms with Gasteiger partial charge >= 0.3 is 0 Å². The summed E-state index contributed by atoms with van der Waals surface area (Å²) in [4.78, 5) is 29.4. The molecule has 1 aromatic heterocycles. The van der Waals surface area contributed by atoms with Gasteiger partial charge in [0.1, 0.15) is 17.3 Å². The molecule has 0 atom stereocenters. The fourth-order valence-corrected chi connectivity index (χ4v) is 6.19. The first-order valence-corrected chi connectivity index (χ1v) is 14.1. The van der Waals surface area contributed by atoms with Crippen LogP contribution in [0.2, 0.25) is 10.0 Å². The number of rotatable bonds is 6. The van der Waals surface area contributed by atoms with E-state index in [1.165, 1.54) is 24.4 Å². The first-order chi connectivity index (χ1) is 17.9. The Bertz CT molecular complexity index is 1400. The summed E-state index contributed by atoms with van der Waals surface area (Å²) in [6, 6.07) is 6.99. The lowest BCUT2D eigenvalue weighted by Gasteiger charge is -2.39. The lowest BCUT2D eigenvalue weighted by Crippen LogP contribution is -2.33. The molecule has 4 rings (SSSR count). The molecule has 1 aliphatic rings. The third kappa shape index (κ3) is 6.54. The Morgan fingerprint density at radius 2 is 1.74 bits per heavy atom. The molecule has 6 N–H and O–H groups in total. The number of amides is 2. The number of pyridine rings is 1. The van der Waals surface area contributed by atoms with E-state index in [0.29, 0.717) is 30.9 Å². The van der Waals surface area contributed by atoms with Crippen LogP contribution in [0.25, 0.3) is 11.1 Å². The van der Waals surface area contributed by atoms with Crippen LogP contribution in [-0.2, 0) is 0 Å². The van der Waals surface area contributed by atoms with Gasteiger partial charge in [-0.1, -0.05) is 23.2 Å². The molecule has 2 amide bonds. The number of hydrogen-bond acceptors (Lipinski definition) is 6. The Balaban J connectivity index is 1.42. The summed E-state index contributed by atoms with van der Waals surface area (Å²) >= 11 is 12.5. The van der Waals surface area contributed by atoms with Crippen LogP contribution in [0.15, 0.2) is 42.6 Å². The van der Waals surface area contributed by atoms with Crippen LogP contribution in [0.5, 0.6) is 0 Å². The van der Waals surface area contributed by atoms with Crippen molar-refractivity contribution in [3.05, 3.63) is 75.5 Å². The normalized spacial score (nSPS) is 16.1. The van der Waals surface area contributed by atoms with Gasteiger partial charge < -0.3 is 16.4 Å². The molecule has 1 fully saturated rings. The van der Waals surface area contributed by atoms with Crippen LogP contribution in [0.3, 0.4) is 0 Å². The van der Waals surface area contributed by atoms with E-state index in [2.05, 4.69) is 15.6 Å². The molecule has 202 valence electrons. The summed E-state index contributed by atoms with van der Waals surface area (Å²) in [5.41, 5.74) is 5.97. The van der Waals surface area contributed by atoms with Crippen LogP contribution in [0.4, 0.5) is 20.2 Å². The molecule has 0 spiro atoms. The highest BCUT2D eigenvalue weighted by molar-refractivity contribution is 8.24. The summed E-state index contributed by atoms with van der Waals surface area (Å²) in [7, 11) is -2.50. The molecular weight excluding hydrogens is 561 g/mol. The maximum atomic E-state index is 14.9. The van der Waals surface area contributed by atoms with Crippen LogP contribution < -0.4 is 16.4 Å². The lowest BCUT2D eigenvalue weighted by molar-refractivity contribution is 0.0941. The molecular formula is C25H24Cl2F2N4O4S. The monoisotopic (exact) mass is 584 g/mol. The second kappa shape index (κ2) is 11.4. The van der Waals surface area contributed by atoms with E-state index < -0.39 is 34.0 Å². The predicted molar refractivity (Wildman–Crippen MR) is 146 cm³/mol. The first-order valence-electron chi connectivity index (χ1n) is 11.5. The van der Waals surface area contributed by atoms with Crippen molar-refractivity contribution in [2.75, 3.05) is 29.1 Å². The van der Waals surface area contributed by atoms with Crippen molar-refractivity contribution in [2.24, 2.45) is 5.92 Å². The second-order valence-electron chi connectivity index (χ2n) is 8.92. The van der Waals surface area contributed by atoms with E-state index in [-0.39, 0.29) is 49.7 Å².